The minimum absolute atomic E-state index is 0.154. The van der Waals surface area contributed by atoms with Gasteiger partial charge in [0.05, 0.1) is 18.9 Å². The molecule has 0 bridgehead atoms. The summed E-state index contributed by atoms with van der Waals surface area (Å²) in [6.45, 7) is 0.860. The fourth-order valence-corrected chi connectivity index (χ4v) is 3.22. The molecule has 2 aromatic heterocycles. The first-order valence-electron chi connectivity index (χ1n) is 7.91. The van der Waals surface area contributed by atoms with Crippen LogP contribution in [0.4, 0.5) is 0 Å². The first-order chi connectivity index (χ1) is 12.2. The lowest BCUT2D eigenvalue weighted by Gasteiger charge is -2.26. The Bertz CT molecular complexity index is 884. The van der Waals surface area contributed by atoms with Crippen LogP contribution in [-0.4, -0.2) is 46.4 Å². The fourth-order valence-electron chi connectivity index (χ4n) is 3.22. The third kappa shape index (κ3) is 2.49. The third-order valence-corrected chi connectivity index (χ3v) is 4.37. The van der Waals surface area contributed by atoms with Gasteiger partial charge in [0.1, 0.15) is 11.4 Å². The summed E-state index contributed by atoms with van der Waals surface area (Å²) in [6, 6.07) is 10.1. The lowest BCUT2D eigenvalue weighted by molar-refractivity contribution is 0.0677. The van der Waals surface area contributed by atoms with E-state index in [1.54, 1.807) is 48.6 Å². The zero-order chi connectivity index (χ0) is 17.4. The number of carbonyl (C=O) groups is 1. The van der Waals surface area contributed by atoms with E-state index in [0.717, 1.165) is 11.1 Å². The number of furan rings is 1. The number of ether oxygens (including phenoxy) is 1. The smallest absolute Gasteiger partial charge is 0.275 e. The fraction of sp³-hybridized carbons (Fsp3) is 0.222. The molecule has 0 aliphatic carbocycles. The van der Waals surface area contributed by atoms with Gasteiger partial charge < -0.3 is 19.2 Å². The van der Waals surface area contributed by atoms with Gasteiger partial charge in [0.15, 0.2) is 11.5 Å². The Hall–Kier alpha value is -3.06. The summed E-state index contributed by atoms with van der Waals surface area (Å²) < 4.78 is 10.6. The molecule has 1 atom stereocenters. The molecule has 4 rings (SSSR count). The van der Waals surface area contributed by atoms with Crippen molar-refractivity contribution in [3.05, 3.63) is 59.5 Å². The zero-order valence-corrected chi connectivity index (χ0v) is 13.6. The number of rotatable bonds is 5. The van der Waals surface area contributed by atoms with Gasteiger partial charge in [0, 0.05) is 19.2 Å². The number of phenolic OH excluding ortho intramolecular Hbond substituents is 1. The SMILES string of the molecule is COCCN1C(=O)c2n[nH]c(-c3ccco3)c2[C@H]1c1ccc(O)cc1. The molecule has 128 valence electrons. The van der Waals surface area contributed by atoms with Crippen molar-refractivity contribution in [1.82, 2.24) is 15.1 Å². The molecule has 1 amide bonds. The molecular formula is C18H17N3O4. The molecule has 0 saturated heterocycles. The highest BCUT2D eigenvalue weighted by atomic mass is 16.5. The van der Waals surface area contributed by atoms with Crippen LogP contribution in [0.15, 0.2) is 47.1 Å². The van der Waals surface area contributed by atoms with E-state index in [-0.39, 0.29) is 17.7 Å². The van der Waals surface area contributed by atoms with Gasteiger partial charge in [-0.1, -0.05) is 12.1 Å². The van der Waals surface area contributed by atoms with E-state index in [9.17, 15) is 9.90 Å². The number of phenols is 1. The van der Waals surface area contributed by atoms with Gasteiger partial charge in [-0.2, -0.15) is 5.10 Å². The summed E-state index contributed by atoms with van der Waals surface area (Å²) in [4.78, 5) is 14.6. The van der Waals surface area contributed by atoms with Gasteiger partial charge in [-0.05, 0) is 29.8 Å². The number of nitrogens with zero attached hydrogens (tertiary/aromatic N) is 2. The van der Waals surface area contributed by atoms with Crippen LogP contribution in [-0.2, 0) is 4.74 Å². The van der Waals surface area contributed by atoms with Crippen molar-refractivity contribution < 1.29 is 19.1 Å². The molecule has 0 fully saturated rings. The number of nitrogens with one attached hydrogen (secondary N) is 1. The van der Waals surface area contributed by atoms with Gasteiger partial charge in [-0.25, -0.2) is 0 Å². The predicted octanol–water partition coefficient (Wildman–Crippen LogP) is 2.57. The van der Waals surface area contributed by atoms with E-state index in [1.165, 1.54) is 0 Å². The van der Waals surface area contributed by atoms with Crippen LogP contribution in [0.5, 0.6) is 5.75 Å². The van der Waals surface area contributed by atoms with Gasteiger partial charge in [0.2, 0.25) is 0 Å². The first-order valence-corrected chi connectivity index (χ1v) is 7.91. The van der Waals surface area contributed by atoms with Crippen molar-refractivity contribution in [3.8, 4) is 17.2 Å². The molecule has 0 saturated carbocycles. The normalized spacial score (nSPS) is 16.4. The van der Waals surface area contributed by atoms with Gasteiger partial charge in [0.25, 0.3) is 5.91 Å². The second-order valence-corrected chi connectivity index (χ2v) is 5.82. The van der Waals surface area contributed by atoms with Gasteiger partial charge in [-0.3, -0.25) is 9.89 Å². The number of aromatic hydroxyl groups is 1. The highest BCUT2D eigenvalue weighted by Crippen LogP contribution is 2.42. The van der Waals surface area contributed by atoms with Crippen molar-refractivity contribution in [2.45, 2.75) is 6.04 Å². The van der Waals surface area contributed by atoms with E-state index < -0.39 is 0 Å². The summed E-state index contributed by atoms with van der Waals surface area (Å²) in [5.74, 6) is 0.647. The standard InChI is InChI=1S/C18H17N3O4/c1-24-10-8-21-17(11-4-6-12(22)7-5-11)14-15(13-3-2-9-25-13)19-20-16(14)18(21)23/h2-7,9,17,22H,8,10H2,1H3,(H,19,20)/t17-/m1/s1. The molecule has 1 aromatic carbocycles. The topological polar surface area (TPSA) is 91.6 Å². The van der Waals surface area contributed by atoms with Gasteiger partial charge in [-0.15, -0.1) is 0 Å². The minimum Gasteiger partial charge on any atom is -0.508 e. The minimum atomic E-state index is -0.322. The van der Waals surface area contributed by atoms with Gasteiger partial charge >= 0.3 is 0 Å². The van der Waals surface area contributed by atoms with Crippen molar-refractivity contribution in [2.75, 3.05) is 20.3 Å². The van der Waals surface area contributed by atoms with Crippen molar-refractivity contribution in [1.29, 1.82) is 0 Å². The lowest BCUT2D eigenvalue weighted by Crippen LogP contribution is -2.32. The Balaban J connectivity index is 1.85. The van der Waals surface area contributed by atoms with E-state index >= 15 is 0 Å². The molecular weight excluding hydrogens is 322 g/mol. The average molecular weight is 339 g/mol. The Kier molecular flexibility index (Phi) is 3.77. The number of hydrogen-bond acceptors (Lipinski definition) is 5. The van der Waals surface area contributed by atoms with E-state index in [1.807, 2.05) is 6.07 Å². The van der Waals surface area contributed by atoms with Crippen molar-refractivity contribution in [2.24, 2.45) is 0 Å². The number of fused-ring (bicyclic) bond motifs is 1. The van der Waals surface area contributed by atoms with Crippen LogP contribution >= 0.6 is 0 Å². The molecule has 25 heavy (non-hydrogen) atoms. The Labute approximate surface area is 143 Å². The van der Waals surface area contributed by atoms with Crippen LogP contribution in [0, 0.1) is 0 Å². The number of methoxy groups -OCH3 is 1. The monoisotopic (exact) mass is 339 g/mol. The number of hydrogen-bond donors (Lipinski definition) is 2. The molecule has 3 heterocycles. The highest BCUT2D eigenvalue weighted by molar-refractivity contribution is 5.99. The van der Waals surface area contributed by atoms with E-state index in [2.05, 4.69) is 10.2 Å². The lowest BCUT2D eigenvalue weighted by atomic mass is 9.98. The summed E-state index contributed by atoms with van der Waals surface area (Å²) in [6.07, 6.45) is 1.58. The zero-order valence-electron chi connectivity index (χ0n) is 13.6. The third-order valence-electron chi connectivity index (χ3n) is 4.37. The van der Waals surface area contributed by atoms with E-state index in [4.69, 9.17) is 9.15 Å². The average Bonchev–Trinajstić information content (AvgIpc) is 3.32. The first kappa shape index (κ1) is 15.5. The quantitative estimate of drug-likeness (QED) is 0.745. The highest BCUT2D eigenvalue weighted by Gasteiger charge is 2.42. The van der Waals surface area contributed by atoms with E-state index in [0.29, 0.717) is 30.3 Å². The number of amides is 1. The van der Waals surface area contributed by atoms with Crippen LogP contribution in [0.1, 0.15) is 27.7 Å². The number of aromatic amines is 1. The Morgan fingerprint density at radius 3 is 2.80 bits per heavy atom. The molecule has 7 nitrogen and oxygen atoms in total. The summed E-state index contributed by atoms with van der Waals surface area (Å²) in [5.41, 5.74) is 2.74. The van der Waals surface area contributed by atoms with Crippen LogP contribution < -0.4 is 0 Å². The predicted molar refractivity (Wildman–Crippen MR) is 89.2 cm³/mol. The summed E-state index contributed by atoms with van der Waals surface area (Å²) in [5, 5.41) is 16.7. The maximum atomic E-state index is 12.8. The second kappa shape index (κ2) is 6.10. The Morgan fingerprint density at radius 1 is 1.32 bits per heavy atom. The molecule has 7 heteroatoms. The number of carbonyl (C=O) groups excluding carboxylic acids is 1. The van der Waals surface area contributed by atoms with Crippen molar-refractivity contribution in [3.63, 3.8) is 0 Å². The Morgan fingerprint density at radius 2 is 2.12 bits per heavy atom. The van der Waals surface area contributed by atoms with Crippen LogP contribution in [0.3, 0.4) is 0 Å². The maximum absolute atomic E-state index is 12.8. The molecule has 0 spiro atoms. The molecule has 1 aliphatic rings. The summed E-state index contributed by atoms with van der Waals surface area (Å²) in [7, 11) is 1.60. The molecule has 3 aromatic rings. The molecule has 0 unspecified atom stereocenters. The number of benzene rings is 1. The van der Waals surface area contributed by atoms with Crippen LogP contribution in [0.25, 0.3) is 11.5 Å². The maximum Gasteiger partial charge on any atom is 0.275 e. The number of H-pyrrole nitrogens is 1. The second-order valence-electron chi connectivity index (χ2n) is 5.82. The molecule has 0 radical (unpaired) electrons. The summed E-state index contributed by atoms with van der Waals surface area (Å²) >= 11 is 0. The van der Waals surface area contributed by atoms with Crippen LogP contribution in [0.2, 0.25) is 0 Å². The molecule has 2 N–H and O–H groups in total. The molecule has 1 aliphatic heterocycles. The number of aromatic nitrogens is 2. The van der Waals surface area contributed by atoms with Crippen molar-refractivity contribution >= 4 is 5.91 Å². The largest absolute Gasteiger partial charge is 0.508 e.